The van der Waals surface area contributed by atoms with Crippen molar-refractivity contribution in [1.29, 1.82) is 0 Å². The van der Waals surface area contributed by atoms with Crippen LogP contribution in [0.3, 0.4) is 0 Å². The van der Waals surface area contributed by atoms with Gasteiger partial charge in [-0.3, -0.25) is 9.69 Å². The Morgan fingerprint density at radius 2 is 2.35 bits per heavy atom. The number of morpholine rings is 1. The zero-order valence-corrected chi connectivity index (χ0v) is 12.2. The quantitative estimate of drug-likeness (QED) is 0.783. The zero-order valence-electron chi connectivity index (χ0n) is 12.2. The number of aromatic nitrogens is 2. The highest BCUT2D eigenvalue weighted by Gasteiger charge is 2.38. The fraction of sp³-hybridized carbons (Fsp3) is 0.714. The summed E-state index contributed by atoms with van der Waals surface area (Å²) in [7, 11) is 1.86. The normalized spacial score (nSPS) is 27.4. The lowest BCUT2D eigenvalue weighted by atomic mass is 9.98. The molecule has 20 heavy (non-hydrogen) atoms. The highest BCUT2D eigenvalue weighted by Crippen LogP contribution is 2.23. The van der Waals surface area contributed by atoms with Crippen molar-refractivity contribution in [1.82, 2.24) is 19.4 Å². The van der Waals surface area contributed by atoms with Crippen molar-refractivity contribution in [3.8, 4) is 0 Å². The van der Waals surface area contributed by atoms with Crippen LogP contribution in [0.4, 0.5) is 0 Å². The molecule has 2 atom stereocenters. The lowest BCUT2D eigenvalue weighted by molar-refractivity contribution is -0.0963. The van der Waals surface area contributed by atoms with Crippen molar-refractivity contribution in [2.24, 2.45) is 7.05 Å². The molecule has 2 aliphatic rings. The Labute approximate surface area is 119 Å². The van der Waals surface area contributed by atoms with Crippen molar-refractivity contribution < 1.29 is 9.53 Å². The van der Waals surface area contributed by atoms with Crippen LogP contribution in [-0.4, -0.2) is 70.2 Å². The van der Waals surface area contributed by atoms with Gasteiger partial charge in [-0.05, 0) is 13.0 Å². The van der Waals surface area contributed by atoms with Gasteiger partial charge in [-0.2, -0.15) is 0 Å². The Morgan fingerprint density at radius 3 is 3.05 bits per heavy atom. The maximum atomic E-state index is 12.5. The third-order valence-corrected chi connectivity index (χ3v) is 4.41. The molecule has 6 heteroatoms. The number of amides is 1. The van der Waals surface area contributed by atoms with E-state index < -0.39 is 0 Å². The first-order valence-electron chi connectivity index (χ1n) is 7.33. The molecule has 0 bridgehead atoms. The van der Waals surface area contributed by atoms with Gasteiger partial charge in [0.1, 0.15) is 0 Å². The first-order valence-corrected chi connectivity index (χ1v) is 7.33. The molecule has 0 aliphatic carbocycles. The standard InChI is InChI=1S/C14H22N4O2/c1-3-17-8-9-20-12-4-6-18(10-11(12)17)14(19)13-15-5-7-16(13)2/h5,7,11-12H,3-4,6,8-10H2,1-2H3/t11-,12-/m1/s1. The van der Waals surface area contributed by atoms with Gasteiger partial charge in [0, 0.05) is 39.1 Å². The van der Waals surface area contributed by atoms with Gasteiger partial charge in [-0.25, -0.2) is 4.98 Å². The first kappa shape index (κ1) is 13.6. The average molecular weight is 278 g/mol. The van der Waals surface area contributed by atoms with Gasteiger partial charge in [0.15, 0.2) is 5.82 Å². The molecule has 1 amide bonds. The number of hydrogen-bond donors (Lipinski definition) is 0. The van der Waals surface area contributed by atoms with E-state index in [2.05, 4.69) is 16.8 Å². The summed E-state index contributed by atoms with van der Waals surface area (Å²) in [6, 6.07) is 0.326. The molecule has 2 fully saturated rings. The Hall–Kier alpha value is -1.40. The number of piperidine rings is 1. The second-order valence-electron chi connectivity index (χ2n) is 5.51. The number of carbonyl (C=O) groups excluding carboxylic acids is 1. The van der Waals surface area contributed by atoms with Crippen molar-refractivity contribution in [3.05, 3.63) is 18.2 Å². The van der Waals surface area contributed by atoms with Crippen LogP contribution in [0, 0.1) is 0 Å². The minimum atomic E-state index is 0.0255. The van der Waals surface area contributed by atoms with Gasteiger partial charge in [-0.15, -0.1) is 0 Å². The number of likely N-dealkylation sites (N-methyl/N-ethyl adjacent to an activating group) is 1. The molecule has 2 aliphatic heterocycles. The molecule has 2 saturated heterocycles. The van der Waals surface area contributed by atoms with Gasteiger partial charge in [0.25, 0.3) is 5.91 Å². The average Bonchev–Trinajstić information content (AvgIpc) is 2.91. The molecular formula is C14H22N4O2. The highest BCUT2D eigenvalue weighted by atomic mass is 16.5. The molecule has 6 nitrogen and oxygen atoms in total. The van der Waals surface area contributed by atoms with Crippen molar-refractivity contribution in [2.45, 2.75) is 25.5 Å². The number of likely N-dealkylation sites (tertiary alicyclic amines) is 1. The summed E-state index contributed by atoms with van der Waals surface area (Å²) in [5, 5.41) is 0. The summed E-state index contributed by atoms with van der Waals surface area (Å²) in [6.45, 7) is 6.44. The van der Waals surface area contributed by atoms with Crippen LogP contribution in [0.5, 0.6) is 0 Å². The number of hydrogen-bond acceptors (Lipinski definition) is 4. The van der Waals surface area contributed by atoms with Crippen LogP contribution in [0.15, 0.2) is 12.4 Å². The number of nitrogens with zero attached hydrogens (tertiary/aromatic N) is 4. The molecule has 3 heterocycles. The molecule has 110 valence electrons. The minimum Gasteiger partial charge on any atom is -0.375 e. The topological polar surface area (TPSA) is 50.6 Å². The summed E-state index contributed by atoms with van der Waals surface area (Å²) >= 11 is 0. The van der Waals surface area contributed by atoms with E-state index in [-0.39, 0.29) is 12.0 Å². The second kappa shape index (κ2) is 5.54. The van der Waals surface area contributed by atoms with E-state index in [4.69, 9.17) is 4.74 Å². The predicted octanol–water partition coefficient (Wildman–Crippen LogP) is 0.355. The molecule has 1 aromatic rings. The van der Waals surface area contributed by atoms with Gasteiger partial charge in [0.05, 0.1) is 18.8 Å². The molecule has 0 aromatic carbocycles. The number of fused-ring (bicyclic) bond motifs is 1. The first-order chi connectivity index (χ1) is 9.70. The van der Waals surface area contributed by atoms with Crippen LogP contribution in [0.25, 0.3) is 0 Å². The summed E-state index contributed by atoms with van der Waals surface area (Å²) in [5.74, 6) is 0.542. The zero-order chi connectivity index (χ0) is 14.1. The maximum absolute atomic E-state index is 12.5. The van der Waals surface area contributed by atoms with E-state index in [1.54, 1.807) is 10.8 Å². The van der Waals surface area contributed by atoms with E-state index in [0.29, 0.717) is 11.9 Å². The molecule has 3 rings (SSSR count). The lowest BCUT2D eigenvalue weighted by Crippen LogP contribution is -2.60. The smallest absolute Gasteiger partial charge is 0.289 e. The highest BCUT2D eigenvalue weighted by molar-refractivity contribution is 5.90. The Bertz CT molecular complexity index is 481. The number of aryl methyl sites for hydroxylation is 1. The summed E-state index contributed by atoms with van der Waals surface area (Å²) in [5.41, 5.74) is 0. The summed E-state index contributed by atoms with van der Waals surface area (Å²) < 4.78 is 7.64. The molecule has 0 saturated carbocycles. The molecule has 0 N–H and O–H groups in total. The molecule has 0 spiro atoms. The van der Waals surface area contributed by atoms with Gasteiger partial charge in [-0.1, -0.05) is 6.92 Å². The maximum Gasteiger partial charge on any atom is 0.289 e. The summed E-state index contributed by atoms with van der Waals surface area (Å²) in [4.78, 5) is 21.0. The van der Waals surface area contributed by atoms with Gasteiger partial charge >= 0.3 is 0 Å². The van der Waals surface area contributed by atoms with Crippen LogP contribution in [0.2, 0.25) is 0 Å². The van der Waals surface area contributed by atoms with E-state index in [9.17, 15) is 4.79 Å². The van der Waals surface area contributed by atoms with Crippen molar-refractivity contribution in [3.63, 3.8) is 0 Å². The molecule has 1 aromatic heterocycles. The number of rotatable bonds is 2. The minimum absolute atomic E-state index is 0.0255. The fourth-order valence-corrected chi connectivity index (χ4v) is 3.23. The Morgan fingerprint density at radius 1 is 1.50 bits per heavy atom. The SMILES string of the molecule is CCN1CCO[C@@H]2CCN(C(=O)c3nccn3C)C[C@H]21. The van der Waals surface area contributed by atoms with Crippen LogP contribution >= 0.6 is 0 Å². The molecule has 0 radical (unpaired) electrons. The van der Waals surface area contributed by atoms with Gasteiger partial charge < -0.3 is 14.2 Å². The monoisotopic (exact) mass is 278 g/mol. The largest absolute Gasteiger partial charge is 0.375 e. The van der Waals surface area contributed by atoms with E-state index in [1.165, 1.54) is 0 Å². The third kappa shape index (κ3) is 2.33. The van der Waals surface area contributed by atoms with Crippen LogP contribution in [-0.2, 0) is 11.8 Å². The number of carbonyl (C=O) groups is 1. The van der Waals surface area contributed by atoms with E-state index in [0.717, 1.165) is 39.2 Å². The van der Waals surface area contributed by atoms with E-state index in [1.807, 2.05) is 18.1 Å². The van der Waals surface area contributed by atoms with Crippen LogP contribution in [0.1, 0.15) is 24.0 Å². The van der Waals surface area contributed by atoms with Gasteiger partial charge in [0.2, 0.25) is 0 Å². The van der Waals surface area contributed by atoms with E-state index >= 15 is 0 Å². The number of ether oxygens (including phenoxy) is 1. The summed E-state index contributed by atoms with van der Waals surface area (Å²) in [6.07, 6.45) is 4.66. The third-order valence-electron chi connectivity index (χ3n) is 4.41. The van der Waals surface area contributed by atoms with Crippen LogP contribution < -0.4 is 0 Å². The molecular weight excluding hydrogens is 256 g/mol. The number of imidazole rings is 1. The molecule has 0 unspecified atom stereocenters. The fourth-order valence-electron chi connectivity index (χ4n) is 3.23. The van der Waals surface area contributed by atoms with Crippen molar-refractivity contribution in [2.75, 3.05) is 32.8 Å². The predicted molar refractivity (Wildman–Crippen MR) is 74.5 cm³/mol. The lowest BCUT2D eigenvalue weighted by Gasteiger charge is -2.46. The second-order valence-corrected chi connectivity index (χ2v) is 5.51. The Balaban J connectivity index is 1.73. The van der Waals surface area contributed by atoms with Crippen molar-refractivity contribution >= 4 is 5.91 Å². The Kier molecular flexibility index (Phi) is 3.76.